The highest BCUT2D eigenvalue weighted by molar-refractivity contribution is 5.71. The van der Waals surface area contributed by atoms with Gasteiger partial charge in [-0.2, -0.15) is 0 Å². The molecule has 0 saturated carbocycles. The zero-order chi connectivity index (χ0) is 15.9. The molecule has 0 bridgehead atoms. The van der Waals surface area contributed by atoms with Crippen LogP contribution < -0.4 is 16.6 Å². The van der Waals surface area contributed by atoms with Crippen molar-refractivity contribution in [1.29, 1.82) is 0 Å². The maximum atomic E-state index is 12.7. The molecule has 3 heterocycles. The summed E-state index contributed by atoms with van der Waals surface area (Å²) in [4.78, 5) is 29.7. The van der Waals surface area contributed by atoms with Crippen molar-refractivity contribution >= 4 is 11.2 Å². The van der Waals surface area contributed by atoms with E-state index in [9.17, 15) is 9.59 Å². The number of rotatable bonds is 4. The lowest BCUT2D eigenvalue weighted by molar-refractivity contribution is 0.535. The molecular formula is C15H23N5O2. The summed E-state index contributed by atoms with van der Waals surface area (Å²) in [5, 5.41) is 3.34. The molecule has 3 rings (SSSR count). The lowest BCUT2D eigenvalue weighted by atomic mass is 10.2. The van der Waals surface area contributed by atoms with Gasteiger partial charge >= 0.3 is 5.69 Å². The first-order valence-electron chi connectivity index (χ1n) is 8.01. The fraction of sp³-hybridized carbons (Fsp3) is 0.667. The summed E-state index contributed by atoms with van der Waals surface area (Å²) in [5.74, 6) is 0.885. The Morgan fingerprint density at radius 2 is 2.09 bits per heavy atom. The van der Waals surface area contributed by atoms with Crippen LogP contribution in [0.2, 0.25) is 0 Å². The van der Waals surface area contributed by atoms with Crippen molar-refractivity contribution in [3.63, 3.8) is 0 Å². The molecule has 0 amide bonds. The monoisotopic (exact) mass is 305 g/mol. The number of aryl methyl sites for hydroxylation is 2. The minimum absolute atomic E-state index is 0.236. The quantitative estimate of drug-likeness (QED) is 0.887. The molecule has 2 aromatic rings. The van der Waals surface area contributed by atoms with E-state index in [1.54, 1.807) is 11.6 Å². The normalized spacial score (nSPS) is 18.4. The van der Waals surface area contributed by atoms with E-state index in [1.807, 2.05) is 13.8 Å². The first-order valence-corrected chi connectivity index (χ1v) is 8.01. The lowest BCUT2D eigenvalue weighted by Crippen LogP contribution is -2.39. The van der Waals surface area contributed by atoms with Gasteiger partial charge in [0, 0.05) is 32.6 Å². The standard InChI is InChI=1S/C15H23N5O2/c1-4-8-19-13-12(14(21)18(3)15(19)22)20(11(5-2)17-13)10-6-7-16-9-10/h10,16H,4-9H2,1-3H3. The Bertz CT molecular complexity index is 808. The Hall–Kier alpha value is -1.89. The zero-order valence-corrected chi connectivity index (χ0v) is 13.4. The maximum absolute atomic E-state index is 12.7. The van der Waals surface area contributed by atoms with Crippen LogP contribution in [0.1, 0.15) is 38.6 Å². The Balaban J connectivity index is 2.40. The zero-order valence-electron chi connectivity index (χ0n) is 13.4. The summed E-state index contributed by atoms with van der Waals surface area (Å²) >= 11 is 0. The van der Waals surface area contributed by atoms with Crippen molar-refractivity contribution in [2.24, 2.45) is 7.05 Å². The molecule has 0 aliphatic carbocycles. The SMILES string of the molecule is CCCn1c(=O)n(C)c(=O)c2c1nc(CC)n2C1CCNC1. The van der Waals surface area contributed by atoms with E-state index in [0.717, 1.165) is 38.2 Å². The molecule has 0 radical (unpaired) electrons. The average Bonchev–Trinajstić information content (AvgIpc) is 3.15. The molecule has 1 saturated heterocycles. The van der Waals surface area contributed by atoms with Crippen molar-refractivity contribution in [2.75, 3.05) is 13.1 Å². The van der Waals surface area contributed by atoms with E-state index in [1.165, 1.54) is 4.57 Å². The highest BCUT2D eigenvalue weighted by Crippen LogP contribution is 2.23. The molecule has 120 valence electrons. The molecule has 1 aliphatic heterocycles. The Morgan fingerprint density at radius 3 is 2.68 bits per heavy atom. The summed E-state index contributed by atoms with van der Waals surface area (Å²) in [6, 6.07) is 0.236. The molecular weight excluding hydrogens is 282 g/mol. The van der Waals surface area contributed by atoms with Gasteiger partial charge in [0.25, 0.3) is 5.56 Å². The lowest BCUT2D eigenvalue weighted by Gasteiger charge is -2.15. The van der Waals surface area contributed by atoms with Gasteiger partial charge < -0.3 is 9.88 Å². The maximum Gasteiger partial charge on any atom is 0.332 e. The summed E-state index contributed by atoms with van der Waals surface area (Å²) in [7, 11) is 1.55. The van der Waals surface area contributed by atoms with Crippen LogP contribution in [0.15, 0.2) is 9.59 Å². The van der Waals surface area contributed by atoms with Gasteiger partial charge in [0.05, 0.1) is 0 Å². The van der Waals surface area contributed by atoms with Gasteiger partial charge in [0.1, 0.15) is 5.82 Å². The number of hydrogen-bond acceptors (Lipinski definition) is 4. The molecule has 1 fully saturated rings. The smallest absolute Gasteiger partial charge is 0.318 e. The predicted molar refractivity (Wildman–Crippen MR) is 85.4 cm³/mol. The van der Waals surface area contributed by atoms with E-state index >= 15 is 0 Å². The van der Waals surface area contributed by atoms with Crippen LogP contribution in [0, 0.1) is 0 Å². The number of imidazole rings is 1. The minimum atomic E-state index is -0.281. The molecule has 7 nitrogen and oxygen atoms in total. The third kappa shape index (κ3) is 2.11. The van der Waals surface area contributed by atoms with Crippen molar-refractivity contribution < 1.29 is 0 Å². The average molecular weight is 305 g/mol. The molecule has 0 aromatic carbocycles. The minimum Gasteiger partial charge on any atom is -0.318 e. The number of nitrogens with one attached hydrogen (secondary N) is 1. The Kier molecular flexibility index (Phi) is 3.90. The van der Waals surface area contributed by atoms with Crippen LogP contribution in [-0.2, 0) is 20.0 Å². The molecule has 0 spiro atoms. The fourth-order valence-electron chi connectivity index (χ4n) is 3.30. The molecule has 7 heteroatoms. The van der Waals surface area contributed by atoms with Gasteiger partial charge in [-0.05, 0) is 19.4 Å². The van der Waals surface area contributed by atoms with Crippen molar-refractivity contribution in [3.8, 4) is 0 Å². The number of nitrogens with zero attached hydrogens (tertiary/aromatic N) is 4. The molecule has 1 N–H and O–H groups in total. The van der Waals surface area contributed by atoms with Gasteiger partial charge in [-0.15, -0.1) is 0 Å². The first kappa shape index (κ1) is 15.0. The van der Waals surface area contributed by atoms with Crippen LogP contribution in [0.4, 0.5) is 0 Å². The van der Waals surface area contributed by atoms with Gasteiger partial charge in [0.2, 0.25) is 0 Å². The van der Waals surface area contributed by atoms with E-state index in [0.29, 0.717) is 17.7 Å². The van der Waals surface area contributed by atoms with Crippen LogP contribution in [0.5, 0.6) is 0 Å². The van der Waals surface area contributed by atoms with Crippen molar-refractivity contribution in [1.82, 2.24) is 24.0 Å². The summed E-state index contributed by atoms with van der Waals surface area (Å²) in [5.41, 5.74) is 0.586. The second-order valence-electron chi connectivity index (χ2n) is 5.87. The van der Waals surface area contributed by atoms with Gasteiger partial charge in [-0.3, -0.25) is 13.9 Å². The molecule has 1 aliphatic rings. The fourth-order valence-corrected chi connectivity index (χ4v) is 3.30. The highest BCUT2D eigenvalue weighted by Gasteiger charge is 2.26. The van der Waals surface area contributed by atoms with Gasteiger partial charge in [0.15, 0.2) is 11.2 Å². The Labute approximate surface area is 128 Å². The van der Waals surface area contributed by atoms with Gasteiger partial charge in [-0.1, -0.05) is 13.8 Å². The summed E-state index contributed by atoms with van der Waals surface area (Å²) in [6.45, 7) is 6.41. The summed E-state index contributed by atoms with van der Waals surface area (Å²) < 4.78 is 4.90. The van der Waals surface area contributed by atoms with Crippen LogP contribution in [0.3, 0.4) is 0 Å². The van der Waals surface area contributed by atoms with E-state index < -0.39 is 0 Å². The van der Waals surface area contributed by atoms with Gasteiger partial charge in [-0.25, -0.2) is 9.78 Å². The van der Waals surface area contributed by atoms with Crippen LogP contribution >= 0.6 is 0 Å². The second kappa shape index (κ2) is 5.72. The third-order valence-electron chi connectivity index (χ3n) is 4.41. The van der Waals surface area contributed by atoms with Crippen molar-refractivity contribution in [3.05, 3.63) is 26.7 Å². The molecule has 2 aromatic heterocycles. The molecule has 1 unspecified atom stereocenters. The molecule has 1 atom stereocenters. The van der Waals surface area contributed by atoms with Crippen LogP contribution in [-0.4, -0.2) is 31.8 Å². The number of fused-ring (bicyclic) bond motifs is 1. The Morgan fingerprint density at radius 1 is 1.32 bits per heavy atom. The van der Waals surface area contributed by atoms with E-state index in [4.69, 9.17) is 0 Å². The second-order valence-corrected chi connectivity index (χ2v) is 5.87. The number of aromatic nitrogens is 4. The van der Waals surface area contributed by atoms with E-state index in [-0.39, 0.29) is 17.3 Å². The van der Waals surface area contributed by atoms with Crippen molar-refractivity contribution in [2.45, 2.75) is 45.7 Å². The van der Waals surface area contributed by atoms with E-state index in [2.05, 4.69) is 14.9 Å². The highest BCUT2D eigenvalue weighted by atomic mass is 16.2. The molecule has 22 heavy (non-hydrogen) atoms. The topological polar surface area (TPSA) is 73.8 Å². The van der Waals surface area contributed by atoms with Crippen LogP contribution in [0.25, 0.3) is 11.2 Å². The number of hydrogen-bond donors (Lipinski definition) is 1. The third-order valence-corrected chi connectivity index (χ3v) is 4.41. The first-order chi connectivity index (χ1) is 10.6. The largest absolute Gasteiger partial charge is 0.332 e. The summed E-state index contributed by atoms with van der Waals surface area (Å²) in [6.07, 6.45) is 2.55. The predicted octanol–water partition coefficient (Wildman–Crippen LogP) is 0.403.